The van der Waals surface area contributed by atoms with Crippen molar-refractivity contribution >= 4 is 23.5 Å². The van der Waals surface area contributed by atoms with Gasteiger partial charge in [0, 0.05) is 29.6 Å². The van der Waals surface area contributed by atoms with Crippen molar-refractivity contribution in [3.8, 4) is 0 Å². The molecule has 7 heteroatoms. The van der Waals surface area contributed by atoms with Crippen molar-refractivity contribution < 1.29 is 19.8 Å². The van der Waals surface area contributed by atoms with E-state index in [2.05, 4.69) is 10.3 Å². The van der Waals surface area contributed by atoms with Gasteiger partial charge in [0.15, 0.2) is 6.10 Å². The molecule has 6 nitrogen and oxygen atoms in total. The summed E-state index contributed by atoms with van der Waals surface area (Å²) < 4.78 is 0. The number of hydrogen-bond acceptors (Lipinski definition) is 4. The Labute approximate surface area is 128 Å². The predicted molar refractivity (Wildman–Crippen MR) is 78.5 cm³/mol. The molecular weight excluding hydrogens is 296 g/mol. The average molecular weight is 315 g/mol. The summed E-state index contributed by atoms with van der Waals surface area (Å²) in [6.07, 6.45) is -1.55. The van der Waals surface area contributed by atoms with Crippen molar-refractivity contribution in [2.75, 3.05) is 6.54 Å². The van der Waals surface area contributed by atoms with Gasteiger partial charge in [0.1, 0.15) is 5.15 Å². The van der Waals surface area contributed by atoms with E-state index in [4.69, 9.17) is 21.8 Å². The van der Waals surface area contributed by atoms with E-state index in [1.54, 1.807) is 6.07 Å². The number of carboxylic acids is 1. The zero-order chi connectivity index (χ0) is 16.2. The van der Waals surface area contributed by atoms with Crippen LogP contribution in [-0.2, 0) is 10.2 Å². The fourth-order valence-corrected chi connectivity index (χ4v) is 1.77. The summed E-state index contributed by atoms with van der Waals surface area (Å²) in [5, 5.41) is 20.4. The molecular formula is C14H19ClN2O4. The van der Waals surface area contributed by atoms with Crippen molar-refractivity contribution in [3.05, 3.63) is 28.5 Å². The minimum Gasteiger partial charge on any atom is -0.479 e. The SMILES string of the molecule is CC(C)(C)c1cc(C(=O)NCC[C@H](O)C(=O)O)cc(Cl)n1. The average Bonchev–Trinajstić information content (AvgIpc) is 2.36. The molecule has 0 saturated carbocycles. The maximum absolute atomic E-state index is 12.0. The van der Waals surface area contributed by atoms with E-state index in [-0.39, 0.29) is 29.4 Å². The summed E-state index contributed by atoms with van der Waals surface area (Å²) in [5.41, 5.74) is 0.787. The zero-order valence-corrected chi connectivity index (χ0v) is 12.9. The molecule has 1 heterocycles. The monoisotopic (exact) mass is 314 g/mol. The highest BCUT2D eigenvalue weighted by Gasteiger charge is 2.19. The van der Waals surface area contributed by atoms with E-state index >= 15 is 0 Å². The van der Waals surface area contributed by atoms with Crippen LogP contribution in [0.3, 0.4) is 0 Å². The van der Waals surface area contributed by atoms with Crippen LogP contribution in [0, 0.1) is 0 Å². The summed E-state index contributed by atoms with van der Waals surface area (Å²) >= 11 is 5.92. The third-order valence-electron chi connectivity index (χ3n) is 2.81. The molecule has 1 aromatic rings. The number of nitrogens with one attached hydrogen (secondary N) is 1. The van der Waals surface area contributed by atoms with Gasteiger partial charge in [-0.15, -0.1) is 0 Å². The van der Waals surface area contributed by atoms with Crippen molar-refractivity contribution in [2.24, 2.45) is 0 Å². The third kappa shape index (κ3) is 5.32. The Morgan fingerprint density at radius 2 is 2.00 bits per heavy atom. The van der Waals surface area contributed by atoms with Gasteiger partial charge in [0.05, 0.1) is 0 Å². The first-order chi connectivity index (χ1) is 9.61. The summed E-state index contributed by atoms with van der Waals surface area (Å²) in [6.45, 7) is 5.92. The molecule has 1 atom stereocenters. The standard InChI is InChI=1S/C14H19ClN2O4/c1-14(2,3)10-6-8(7-11(15)17-10)12(19)16-5-4-9(18)13(20)21/h6-7,9,18H,4-5H2,1-3H3,(H,16,19)(H,20,21)/t9-/m0/s1. The number of carbonyl (C=O) groups excluding carboxylic acids is 1. The predicted octanol–water partition coefficient (Wildman–Crippen LogP) is 1.60. The highest BCUT2D eigenvalue weighted by molar-refractivity contribution is 6.29. The van der Waals surface area contributed by atoms with Gasteiger partial charge in [-0.25, -0.2) is 9.78 Å². The Bertz CT molecular complexity index is 540. The first kappa shape index (κ1) is 17.4. The van der Waals surface area contributed by atoms with Crippen LogP contribution in [0.15, 0.2) is 12.1 Å². The molecule has 0 aromatic carbocycles. The first-order valence-electron chi connectivity index (χ1n) is 6.48. The van der Waals surface area contributed by atoms with Gasteiger partial charge in [0.2, 0.25) is 0 Å². The van der Waals surface area contributed by atoms with E-state index in [1.165, 1.54) is 6.07 Å². The lowest BCUT2D eigenvalue weighted by molar-refractivity contribution is -0.146. The summed E-state index contributed by atoms with van der Waals surface area (Å²) in [6, 6.07) is 3.09. The molecule has 0 aliphatic carbocycles. The van der Waals surface area contributed by atoms with Gasteiger partial charge in [-0.2, -0.15) is 0 Å². The summed E-state index contributed by atoms with van der Waals surface area (Å²) in [5.74, 6) is -1.70. The van der Waals surface area contributed by atoms with E-state index in [0.717, 1.165) is 0 Å². The van der Waals surface area contributed by atoms with E-state index in [9.17, 15) is 9.59 Å². The molecule has 0 radical (unpaired) electrons. The zero-order valence-electron chi connectivity index (χ0n) is 12.2. The van der Waals surface area contributed by atoms with Gasteiger partial charge in [-0.3, -0.25) is 4.79 Å². The van der Waals surface area contributed by atoms with Gasteiger partial charge in [-0.1, -0.05) is 32.4 Å². The molecule has 0 aliphatic heterocycles. The molecule has 1 rings (SSSR count). The number of carboxylic acid groups (broad SMARTS) is 1. The van der Waals surface area contributed by atoms with Crippen LogP contribution in [0.5, 0.6) is 0 Å². The number of carbonyl (C=O) groups is 2. The molecule has 0 fully saturated rings. The van der Waals surface area contributed by atoms with Crippen LogP contribution in [0.25, 0.3) is 0 Å². The van der Waals surface area contributed by atoms with Crippen LogP contribution in [0.2, 0.25) is 5.15 Å². The molecule has 0 aliphatic rings. The minimum absolute atomic E-state index is 0.0527. The Hall–Kier alpha value is -1.66. The molecule has 1 aromatic heterocycles. The number of aliphatic carboxylic acids is 1. The molecule has 0 spiro atoms. The number of pyridine rings is 1. The van der Waals surface area contributed by atoms with Crippen LogP contribution >= 0.6 is 11.6 Å². The number of rotatable bonds is 5. The number of amides is 1. The molecule has 0 bridgehead atoms. The van der Waals surface area contributed by atoms with Crippen molar-refractivity contribution in [1.29, 1.82) is 0 Å². The largest absolute Gasteiger partial charge is 0.479 e. The number of aliphatic hydroxyl groups is 1. The maximum atomic E-state index is 12.0. The summed E-state index contributed by atoms with van der Waals surface area (Å²) in [7, 11) is 0. The Morgan fingerprint density at radius 1 is 1.38 bits per heavy atom. The topological polar surface area (TPSA) is 99.5 Å². The van der Waals surface area contributed by atoms with Gasteiger partial charge >= 0.3 is 5.97 Å². The van der Waals surface area contributed by atoms with Crippen molar-refractivity contribution in [2.45, 2.75) is 38.7 Å². The third-order valence-corrected chi connectivity index (χ3v) is 3.01. The normalized spacial score (nSPS) is 12.8. The fourth-order valence-electron chi connectivity index (χ4n) is 1.56. The second-order valence-electron chi connectivity index (χ2n) is 5.71. The van der Waals surface area contributed by atoms with Crippen molar-refractivity contribution in [1.82, 2.24) is 10.3 Å². The van der Waals surface area contributed by atoms with Gasteiger partial charge in [-0.05, 0) is 12.1 Å². The Kier molecular flexibility index (Phi) is 5.69. The minimum atomic E-state index is -1.49. The number of aromatic nitrogens is 1. The lowest BCUT2D eigenvalue weighted by atomic mass is 9.91. The molecule has 0 saturated heterocycles. The van der Waals surface area contributed by atoms with Crippen LogP contribution in [0.4, 0.5) is 0 Å². The molecule has 3 N–H and O–H groups in total. The number of hydrogen-bond donors (Lipinski definition) is 3. The fraction of sp³-hybridized carbons (Fsp3) is 0.500. The van der Waals surface area contributed by atoms with E-state index < -0.39 is 12.1 Å². The lowest BCUT2D eigenvalue weighted by Crippen LogP contribution is -2.30. The number of aliphatic hydroxyl groups excluding tert-OH is 1. The maximum Gasteiger partial charge on any atom is 0.332 e. The molecule has 21 heavy (non-hydrogen) atoms. The molecule has 0 unspecified atom stereocenters. The summed E-state index contributed by atoms with van der Waals surface area (Å²) in [4.78, 5) is 26.6. The van der Waals surface area contributed by atoms with Crippen LogP contribution in [0.1, 0.15) is 43.2 Å². The van der Waals surface area contributed by atoms with Crippen LogP contribution in [-0.4, -0.2) is 39.7 Å². The van der Waals surface area contributed by atoms with Crippen molar-refractivity contribution in [3.63, 3.8) is 0 Å². The second kappa shape index (κ2) is 6.87. The quantitative estimate of drug-likeness (QED) is 0.717. The van der Waals surface area contributed by atoms with Gasteiger partial charge in [0.25, 0.3) is 5.91 Å². The number of nitrogens with zero attached hydrogens (tertiary/aromatic N) is 1. The Morgan fingerprint density at radius 3 is 2.52 bits per heavy atom. The van der Waals surface area contributed by atoms with Crippen LogP contribution < -0.4 is 5.32 Å². The molecule has 116 valence electrons. The van der Waals surface area contributed by atoms with Gasteiger partial charge < -0.3 is 15.5 Å². The number of halogens is 1. The highest BCUT2D eigenvalue weighted by atomic mass is 35.5. The Balaban J connectivity index is 2.75. The van der Waals surface area contributed by atoms with E-state index in [1.807, 2.05) is 20.8 Å². The first-order valence-corrected chi connectivity index (χ1v) is 6.86. The molecule has 1 amide bonds. The highest BCUT2D eigenvalue weighted by Crippen LogP contribution is 2.23. The second-order valence-corrected chi connectivity index (χ2v) is 6.10. The van der Waals surface area contributed by atoms with E-state index in [0.29, 0.717) is 11.3 Å². The lowest BCUT2D eigenvalue weighted by Gasteiger charge is -2.18. The smallest absolute Gasteiger partial charge is 0.332 e.